The fraction of sp³-hybridized carbons (Fsp3) is 1.00. The van der Waals surface area contributed by atoms with Crippen LogP contribution in [-0.2, 0) is 0 Å². The van der Waals surface area contributed by atoms with E-state index in [1.54, 1.807) is 0 Å². The SMILES string of the molecule is CCNC(C1CCC1)C(C(F)(F)F)C(F)(F)F. The Kier molecular flexibility index (Phi) is 4.33. The predicted molar refractivity (Wildman–Crippen MR) is 50.4 cm³/mol. The smallest absolute Gasteiger partial charge is 0.313 e. The molecule has 0 aliphatic heterocycles. The van der Waals surface area contributed by atoms with Gasteiger partial charge in [-0.3, -0.25) is 0 Å². The second-order valence-corrected chi connectivity index (χ2v) is 4.34. The zero-order valence-corrected chi connectivity index (χ0v) is 9.33. The van der Waals surface area contributed by atoms with Gasteiger partial charge in [-0.25, -0.2) is 0 Å². The van der Waals surface area contributed by atoms with Gasteiger partial charge in [-0.15, -0.1) is 0 Å². The van der Waals surface area contributed by atoms with Crippen molar-refractivity contribution in [3.63, 3.8) is 0 Å². The lowest BCUT2D eigenvalue weighted by atomic mass is 9.74. The molecule has 0 spiro atoms. The van der Waals surface area contributed by atoms with E-state index in [1.807, 2.05) is 0 Å². The average molecular weight is 263 g/mol. The largest absolute Gasteiger partial charge is 0.402 e. The van der Waals surface area contributed by atoms with E-state index in [0.717, 1.165) is 0 Å². The molecule has 0 aromatic heterocycles. The third-order valence-electron chi connectivity index (χ3n) is 3.16. The lowest BCUT2D eigenvalue weighted by molar-refractivity contribution is -0.296. The standard InChI is InChI=1S/C10H15F6N/c1-2-17-7(6-4-3-5-6)8(9(11,12)13)10(14,15)16/h6-8,17H,2-5H2,1H3. The van der Waals surface area contributed by atoms with Gasteiger partial charge in [0, 0.05) is 6.04 Å². The van der Waals surface area contributed by atoms with Crippen molar-refractivity contribution in [2.24, 2.45) is 11.8 Å². The first-order valence-electron chi connectivity index (χ1n) is 5.54. The van der Waals surface area contributed by atoms with Gasteiger partial charge >= 0.3 is 12.4 Å². The highest BCUT2D eigenvalue weighted by Crippen LogP contribution is 2.46. The van der Waals surface area contributed by atoms with E-state index in [-0.39, 0.29) is 6.54 Å². The molecule has 0 bridgehead atoms. The summed E-state index contributed by atoms with van der Waals surface area (Å²) >= 11 is 0. The summed E-state index contributed by atoms with van der Waals surface area (Å²) in [6, 6.07) is -1.55. The molecule has 17 heavy (non-hydrogen) atoms. The monoisotopic (exact) mass is 263 g/mol. The van der Waals surface area contributed by atoms with E-state index in [2.05, 4.69) is 5.32 Å². The van der Waals surface area contributed by atoms with Crippen LogP contribution < -0.4 is 5.32 Å². The highest BCUT2D eigenvalue weighted by atomic mass is 19.4. The number of nitrogens with one attached hydrogen (secondary N) is 1. The Hall–Kier alpha value is -0.460. The van der Waals surface area contributed by atoms with E-state index in [0.29, 0.717) is 19.3 Å². The molecule has 7 heteroatoms. The minimum absolute atomic E-state index is 0.101. The van der Waals surface area contributed by atoms with Crippen LogP contribution in [0.15, 0.2) is 0 Å². The molecule has 1 fully saturated rings. The fourth-order valence-corrected chi connectivity index (χ4v) is 2.18. The van der Waals surface area contributed by atoms with Gasteiger partial charge in [-0.1, -0.05) is 13.3 Å². The van der Waals surface area contributed by atoms with Gasteiger partial charge in [0.15, 0.2) is 5.92 Å². The van der Waals surface area contributed by atoms with Gasteiger partial charge in [-0.2, -0.15) is 26.3 Å². The van der Waals surface area contributed by atoms with Gasteiger partial charge in [0.05, 0.1) is 0 Å². The molecule has 0 heterocycles. The maximum absolute atomic E-state index is 12.6. The maximum Gasteiger partial charge on any atom is 0.402 e. The molecule has 1 aliphatic rings. The van der Waals surface area contributed by atoms with Crippen LogP contribution in [0.1, 0.15) is 26.2 Å². The van der Waals surface area contributed by atoms with Crippen LogP contribution in [0.5, 0.6) is 0 Å². The van der Waals surface area contributed by atoms with E-state index in [1.165, 1.54) is 6.92 Å². The van der Waals surface area contributed by atoms with Crippen molar-refractivity contribution >= 4 is 0 Å². The van der Waals surface area contributed by atoms with Gasteiger partial charge in [0.1, 0.15) is 0 Å². The Balaban J connectivity index is 2.91. The molecular formula is C10H15F6N. The Bertz CT molecular complexity index is 228. The first-order valence-corrected chi connectivity index (χ1v) is 5.54. The summed E-state index contributed by atoms with van der Waals surface area (Å²) in [5.41, 5.74) is 0. The van der Waals surface area contributed by atoms with Crippen LogP contribution in [-0.4, -0.2) is 24.9 Å². The van der Waals surface area contributed by atoms with Crippen molar-refractivity contribution in [2.75, 3.05) is 6.54 Å². The highest BCUT2D eigenvalue weighted by Gasteiger charge is 2.61. The van der Waals surface area contributed by atoms with Gasteiger partial charge in [0.25, 0.3) is 0 Å². The van der Waals surface area contributed by atoms with Crippen LogP contribution in [0.2, 0.25) is 0 Å². The predicted octanol–water partition coefficient (Wildman–Crippen LogP) is 3.51. The Morgan fingerprint density at radius 3 is 1.76 bits per heavy atom. The minimum Gasteiger partial charge on any atom is -0.313 e. The molecular weight excluding hydrogens is 248 g/mol. The van der Waals surface area contributed by atoms with Crippen molar-refractivity contribution in [3.8, 4) is 0 Å². The van der Waals surface area contributed by atoms with Gasteiger partial charge < -0.3 is 5.32 Å². The first kappa shape index (κ1) is 14.6. The molecule has 1 aliphatic carbocycles. The fourth-order valence-electron chi connectivity index (χ4n) is 2.18. The van der Waals surface area contributed by atoms with Crippen LogP contribution in [0.4, 0.5) is 26.3 Å². The van der Waals surface area contributed by atoms with E-state index >= 15 is 0 Å². The number of rotatable bonds is 4. The molecule has 1 atom stereocenters. The summed E-state index contributed by atoms with van der Waals surface area (Å²) in [5.74, 6) is -3.79. The van der Waals surface area contributed by atoms with Crippen LogP contribution >= 0.6 is 0 Å². The van der Waals surface area contributed by atoms with Crippen LogP contribution in [0, 0.1) is 11.8 Å². The normalized spacial score (nSPS) is 20.5. The van der Waals surface area contributed by atoms with E-state index in [4.69, 9.17) is 0 Å². The molecule has 102 valence electrons. The summed E-state index contributed by atoms with van der Waals surface area (Å²) in [4.78, 5) is 0. The molecule has 1 rings (SSSR count). The molecule has 0 aromatic carbocycles. The first-order chi connectivity index (χ1) is 7.68. The zero-order chi connectivity index (χ0) is 13.3. The lowest BCUT2D eigenvalue weighted by Gasteiger charge is -2.40. The van der Waals surface area contributed by atoms with Gasteiger partial charge in [0.2, 0.25) is 0 Å². The molecule has 1 N–H and O–H groups in total. The Labute approximate surface area is 95.6 Å². The molecule has 0 saturated heterocycles. The molecule has 0 aromatic rings. The van der Waals surface area contributed by atoms with Crippen molar-refractivity contribution in [1.82, 2.24) is 5.32 Å². The summed E-state index contributed by atoms with van der Waals surface area (Å²) in [6.45, 7) is 1.61. The third-order valence-corrected chi connectivity index (χ3v) is 3.16. The second kappa shape index (κ2) is 5.04. The van der Waals surface area contributed by atoms with Crippen LogP contribution in [0.25, 0.3) is 0 Å². The summed E-state index contributed by atoms with van der Waals surface area (Å²) < 4.78 is 75.3. The summed E-state index contributed by atoms with van der Waals surface area (Å²) in [6.07, 6.45) is -8.93. The van der Waals surface area contributed by atoms with Crippen molar-refractivity contribution in [2.45, 2.75) is 44.6 Å². The average Bonchev–Trinajstić information content (AvgIpc) is 1.94. The zero-order valence-electron chi connectivity index (χ0n) is 9.33. The van der Waals surface area contributed by atoms with Gasteiger partial charge in [-0.05, 0) is 25.3 Å². The van der Waals surface area contributed by atoms with Crippen LogP contribution in [0.3, 0.4) is 0 Å². The number of halogens is 6. The molecule has 1 unspecified atom stereocenters. The minimum atomic E-state index is -5.25. The number of alkyl halides is 6. The summed E-state index contributed by atoms with van der Waals surface area (Å²) in [5, 5.41) is 2.36. The topological polar surface area (TPSA) is 12.0 Å². The number of hydrogen-bond acceptors (Lipinski definition) is 1. The quantitative estimate of drug-likeness (QED) is 0.765. The maximum atomic E-state index is 12.6. The second-order valence-electron chi connectivity index (χ2n) is 4.34. The molecule has 0 radical (unpaired) electrons. The molecule has 0 amide bonds. The van der Waals surface area contributed by atoms with Crippen molar-refractivity contribution in [1.29, 1.82) is 0 Å². The molecule has 1 nitrogen and oxygen atoms in total. The highest BCUT2D eigenvalue weighted by molar-refractivity contribution is 4.93. The lowest BCUT2D eigenvalue weighted by Crippen LogP contribution is -2.55. The van der Waals surface area contributed by atoms with Crippen molar-refractivity contribution in [3.05, 3.63) is 0 Å². The Morgan fingerprint density at radius 1 is 1.06 bits per heavy atom. The Morgan fingerprint density at radius 2 is 1.53 bits per heavy atom. The summed E-state index contributed by atoms with van der Waals surface area (Å²) in [7, 11) is 0. The number of hydrogen-bond donors (Lipinski definition) is 1. The van der Waals surface area contributed by atoms with E-state index in [9.17, 15) is 26.3 Å². The van der Waals surface area contributed by atoms with E-state index < -0.39 is 30.2 Å². The molecule has 1 saturated carbocycles. The third kappa shape index (κ3) is 3.50. The van der Waals surface area contributed by atoms with Crippen molar-refractivity contribution < 1.29 is 26.3 Å².